The second kappa shape index (κ2) is 14.9. The number of benzene rings is 2. The molecule has 0 aliphatic rings. The summed E-state index contributed by atoms with van der Waals surface area (Å²) in [5.41, 5.74) is 10.6. The molecule has 0 unspecified atom stereocenters. The van der Waals surface area contributed by atoms with Crippen molar-refractivity contribution in [3.05, 3.63) is 91.5 Å². The first-order valence-electron chi connectivity index (χ1n) is 16.4. The molecule has 0 amide bonds. The summed E-state index contributed by atoms with van der Waals surface area (Å²) in [4.78, 5) is 24.2. The number of aryl methyl sites for hydroxylation is 6. The number of carbonyl (C=O) groups is 2. The van der Waals surface area contributed by atoms with Crippen LogP contribution in [0.1, 0.15) is 118 Å². The maximum Gasteiger partial charge on any atom is 0.360 e. The maximum atomic E-state index is 12.4. The predicted octanol–water partition coefficient (Wildman–Crippen LogP) is 7.81. The number of carbonyl (C=O) groups excluding carboxylic acids is 1. The lowest BCUT2D eigenvalue weighted by molar-refractivity contribution is 0.0582. The molecule has 0 spiro atoms. The number of aromatic nitrogens is 4. The van der Waals surface area contributed by atoms with E-state index in [4.69, 9.17) is 19.3 Å². The van der Waals surface area contributed by atoms with Gasteiger partial charge >= 0.3 is 11.9 Å². The van der Waals surface area contributed by atoms with Crippen molar-refractivity contribution in [2.45, 2.75) is 107 Å². The summed E-state index contributed by atoms with van der Waals surface area (Å²) in [5.74, 6) is -0.640. The van der Waals surface area contributed by atoms with Gasteiger partial charge in [0, 0.05) is 10.8 Å². The van der Waals surface area contributed by atoms with E-state index in [1.54, 1.807) is 16.5 Å². The van der Waals surface area contributed by atoms with Gasteiger partial charge in [0.15, 0.2) is 22.9 Å². The molecule has 0 saturated carbocycles. The van der Waals surface area contributed by atoms with Gasteiger partial charge in [-0.2, -0.15) is 10.2 Å². The van der Waals surface area contributed by atoms with Crippen molar-refractivity contribution >= 4 is 11.9 Å². The number of nitrogens with zero attached hydrogens (tertiary/aromatic N) is 4. The molecule has 2 aromatic carbocycles. The molecule has 1 N–H and O–H groups in total. The molecule has 0 saturated heterocycles. The van der Waals surface area contributed by atoms with Crippen LogP contribution in [-0.4, -0.2) is 57.9 Å². The van der Waals surface area contributed by atoms with E-state index in [-0.39, 0.29) is 16.5 Å². The topological polar surface area (TPSA) is 118 Å². The van der Waals surface area contributed by atoms with Crippen LogP contribution in [-0.2, 0) is 28.7 Å². The zero-order chi connectivity index (χ0) is 37.2. The van der Waals surface area contributed by atoms with Crippen LogP contribution in [0.3, 0.4) is 0 Å². The Bertz CT molecular complexity index is 1800. The fourth-order valence-electron chi connectivity index (χ4n) is 6.21. The van der Waals surface area contributed by atoms with Crippen LogP contribution in [0.4, 0.5) is 0 Å². The van der Waals surface area contributed by atoms with Crippen molar-refractivity contribution in [3.8, 4) is 11.5 Å². The molecular formula is C39H54N4O6. The van der Waals surface area contributed by atoms with Crippen molar-refractivity contribution in [1.29, 1.82) is 0 Å². The Morgan fingerprint density at radius 1 is 0.633 bits per heavy atom. The van der Waals surface area contributed by atoms with E-state index in [1.165, 1.54) is 36.5 Å². The Kier molecular flexibility index (Phi) is 11.8. The average molecular weight is 675 g/mol. The molecule has 0 aliphatic heterocycles. The van der Waals surface area contributed by atoms with Gasteiger partial charge in [-0.05, 0) is 74.9 Å². The van der Waals surface area contributed by atoms with E-state index >= 15 is 0 Å². The normalized spacial score (nSPS) is 11.6. The lowest BCUT2D eigenvalue weighted by Crippen LogP contribution is -2.15. The highest BCUT2D eigenvalue weighted by molar-refractivity contribution is 5.91. The quantitative estimate of drug-likeness (QED) is 0.188. The first-order chi connectivity index (χ1) is 22.7. The molecule has 0 aliphatic carbocycles. The number of rotatable bonds is 8. The van der Waals surface area contributed by atoms with E-state index in [2.05, 4.69) is 57.1 Å². The van der Waals surface area contributed by atoms with Crippen molar-refractivity contribution in [3.63, 3.8) is 0 Å². The Hall–Kier alpha value is -4.60. The smallest absolute Gasteiger partial charge is 0.360 e. The van der Waals surface area contributed by atoms with Gasteiger partial charge in [0.1, 0.15) is 11.4 Å². The minimum atomic E-state index is -1.03. The van der Waals surface area contributed by atoms with Gasteiger partial charge in [-0.15, -0.1) is 0 Å². The zero-order valence-electron chi connectivity index (χ0n) is 32.0. The highest BCUT2D eigenvalue weighted by Gasteiger charge is 2.33. The number of hydrogen-bond donors (Lipinski definition) is 1. The Labute approximate surface area is 291 Å². The van der Waals surface area contributed by atoms with Crippen molar-refractivity contribution in [2.75, 3.05) is 21.3 Å². The van der Waals surface area contributed by atoms with E-state index in [0.29, 0.717) is 36.0 Å². The predicted molar refractivity (Wildman–Crippen MR) is 193 cm³/mol. The first kappa shape index (κ1) is 38.8. The molecule has 49 heavy (non-hydrogen) atoms. The van der Waals surface area contributed by atoms with Crippen LogP contribution < -0.4 is 9.47 Å². The molecule has 2 heterocycles. The number of hydrogen-bond acceptors (Lipinski definition) is 7. The number of methoxy groups -OCH3 is 3. The minimum Gasteiger partial charge on any atom is -0.492 e. The molecule has 10 nitrogen and oxygen atoms in total. The van der Waals surface area contributed by atoms with E-state index in [1.807, 2.05) is 55.4 Å². The van der Waals surface area contributed by atoms with Crippen LogP contribution in [0.5, 0.6) is 11.5 Å². The Morgan fingerprint density at radius 2 is 0.959 bits per heavy atom. The summed E-state index contributed by atoms with van der Waals surface area (Å²) in [6, 6.07) is 8.50. The van der Waals surface area contributed by atoms with Crippen LogP contribution >= 0.6 is 0 Å². The summed E-state index contributed by atoms with van der Waals surface area (Å²) >= 11 is 0. The zero-order valence-corrected chi connectivity index (χ0v) is 32.0. The lowest BCUT2D eigenvalue weighted by Gasteiger charge is -2.16. The number of carboxylic acid groups (broad SMARTS) is 1. The van der Waals surface area contributed by atoms with Crippen LogP contribution in [0.15, 0.2) is 24.3 Å². The average Bonchev–Trinajstić information content (AvgIpc) is 3.55. The highest BCUT2D eigenvalue weighted by atomic mass is 16.5. The van der Waals surface area contributed by atoms with Crippen molar-refractivity contribution in [1.82, 2.24) is 19.6 Å². The lowest BCUT2D eigenvalue weighted by atomic mass is 9.91. The van der Waals surface area contributed by atoms with Crippen LogP contribution in [0.25, 0.3) is 0 Å². The molecule has 0 radical (unpaired) electrons. The maximum absolute atomic E-state index is 12.4. The Morgan fingerprint density at radius 3 is 1.24 bits per heavy atom. The third-order valence-electron chi connectivity index (χ3n) is 8.52. The fourth-order valence-corrected chi connectivity index (χ4v) is 6.21. The van der Waals surface area contributed by atoms with E-state index in [9.17, 15) is 14.7 Å². The molecular weight excluding hydrogens is 620 g/mol. The van der Waals surface area contributed by atoms with Gasteiger partial charge in [-0.1, -0.05) is 76.9 Å². The molecule has 10 heteroatoms. The molecule has 2 aromatic heterocycles. The summed E-state index contributed by atoms with van der Waals surface area (Å²) in [7, 11) is 4.43. The number of carboxylic acids is 1. The standard InChI is InChI=1S/C20H28N2O3.C19H26N2O3/c1-12-9-13(2)15(14(3)10-12)11-22-16(19(23)25-8)17(24-7)18(21-22)20(4,5)6;1-11-8-12(2)14(13(3)9-11)10-21-15(18(22)23)16(24-7)17(20-21)19(4,5)6/h9-10H,11H2,1-8H3;8-9H,10H2,1-7H3,(H,22,23). The van der Waals surface area contributed by atoms with E-state index in [0.717, 1.165) is 27.9 Å². The summed E-state index contributed by atoms with van der Waals surface area (Å²) in [6.45, 7) is 25.4. The van der Waals surface area contributed by atoms with Crippen molar-refractivity contribution in [2.24, 2.45) is 0 Å². The summed E-state index contributed by atoms with van der Waals surface area (Å²) in [5, 5.41) is 19.0. The van der Waals surface area contributed by atoms with Gasteiger partial charge in [-0.3, -0.25) is 4.68 Å². The molecule has 4 aromatic rings. The molecule has 266 valence electrons. The minimum absolute atomic E-state index is 0.0989. The number of aromatic carboxylic acids is 1. The fraction of sp³-hybridized carbons (Fsp3) is 0.487. The number of esters is 1. The third-order valence-corrected chi connectivity index (χ3v) is 8.52. The molecule has 4 rings (SSSR count). The molecule has 0 bridgehead atoms. The molecule has 0 atom stereocenters. The molecule has 0 fully saturated rings. The Balaban J connectivity index is 0.000000266. The SMILES string of the molecule is COC(=O)c1c(OC)c(C(C)(C)C)nn1Cc1c(C)cc(C)cc1C.COc1c(C(C)(C)C)nn(Cc2c(C)cc(C)cc2C)c1C(=O)O. The second-order valence-corrected chi connectivity index (χ2v) is 14.8. The van der Waals surface area contributed by atoms with Gasteiger partial charge in [0.25, 0.3) is 0 Å². The number of ether oxygens (including phenoxy) is 3. The highest BCUT2D eigenvalue weighted by Crippen LogP contribution is 2.36. The first-order valence-corrected chi connectivity index (χ1v) is 16.4. The largest absolute Gasteiger partial charge is 0.492 e. The third kappa shape index (κ3) is 8.53. The summed E-state index contributed by atoms with van der Waals surface area (Å²) < 4.78 is 19.2. The van der Waals surface area contributed by atoms with E-state index < -0.39 is 11.9 Å². The van der Waals surface area contributed by atoms with Gasteiger partial charge < -0.3 is 19.3 Å². The van der Waals surface area contributed by atoms with Gasteiger partial charge in [-0.25, -0.2) is 14.3 Å². The summed E-state index contributed by atoms with van der Waals surface area (Å²) in [6.07, 6.45) is 0. The van der Waals surface area contributed by atoms with Crippen LogP contribution in [0, 0.1) is 41.5 Å². The monoisotopic (exact) mass is 674 g/mol. The second-order valence-electron chi connectivity index (χ2n) is 14.8. The van der Waals surface area contributed by atoms with Crippen LogP contribution in [0.2, 0.25) is 0 Å². The van der Waals surface area contributed by atoms with Gasteiger partial charge in [0.2, 0.25) is 0 Å². The van der Waals surface area contributed by atoms with Gasteiger partial charge in [0.05, 0.1) is 34.4 Å². The van der Waals surface area contributed by atoms with Crippen molar-refractivity contribution < 1.29 is 28.9 Å².